The second-order valence-corrected chi connectivity index (χ2v) is 1.74. The fourth-order valence-electron chi connectivity index (χ4n) is 0.422. The summed E-state index contributed by atoms with van der Waals surface area (Å²) in [6, 6.07) is 0. The number of carbonyl (C=O) groups excluding carboxylic acids is 1. The molecule has 58 valence electrons. The Hall–Kier alpha value is -0.990. The molecule has 0 heterocycles. The predicted octanol–water partition coefficient (Wildman–Crippen LogP) is 1.40. The van der Waals surface area contributed by atoms with Crippen LogP contribution in [0.1, 0.15) is 20.3 Å². The van der Waals surface area contributed by atoms with Crippen molar-refractivity contribution in [3.05, 3.63) is 11.8 Å². The molecule has 3 nitrogen and oxygen atoms in total. The molecule has 0 saturated carbocycles. The first-order chi connectivity index (χ1) is 4.70. The molecule has 10 heavy (non-hydrogen) atoms. The molecular weight excluding hydrogens is 132 g/mol. The topological polar surface area (TPSA) is 46.5 Å². The number of rotatable bonds is 3. The van der Waals surface area contributed by atoms with Crippen molar-refractivity contribution in [2.24, 2.45) is 0 Å². The van der Waals surface area contributed by atoms with Gasteiger partial charge >= 0.3 is 5.97 Å². The average Bonchev–Trinajstić information content (AvgIpc) is 1.88. The smallest absolute Gasteiger partial charge is 0.334 e. The van der Waals surface area contributed by atoms with E-state index in [9.17, 15) is 4.79 Å². The van der Waals surface area contributed by atoms with Crippen LogP contribution in [0.2, 0.25) is 0 Å². The van der Waals surface area contributed by atoms with E-state index in [1.54, 1.807) is 13.8 Å². The van der Waals surface area contributed by atoms with Crippen molar-refractivity contribution in [2.45, 2.75) is 20.3 Å². The normalized spacial score (nSPS) is 11.2. The number of carbonyl (C=O) groups is 1. The van der Waals surface area contributed by atoms with E-state index >= 15 is 0 Å². The largest absolute Gasteiger partial charge is 0.512 e. The van der Waals surface area contributed by atoms with Gasteiger partial charge in [-0.2, -0.15) is 0 Å². The fourth-order valence-corrected chi connectivity index (χ4v) is 0.422. The van der Waals surface area contributed by atoms with E-state index in [-0.39, 0.29) is 5.76 Å². The zero-order chi connectivity index (χ0) is 7.98. The maximum Gasteiger partial charge on any atom is 0.334 e. The molecule has 0 aliphatic rings. The van der Waals surface area contributed by atoms with Gasteiger partial charge in [0.05, 0.1) is 18.4 Å². The van der Waals surface area contributed by atoms with Crippen LogP contribution in [0.5, 0.6) is 0 Å². The van der Waals surface area contributed by atoms with E-state index in [1.165, 1.54) is 0 Å². The van der Waals surface area contributed by atoms with Crippen LogP contribution in [-0.4, -0.2) is 17.7 Å². The minimum atomic E-state index is -0.484. The molecule has 0 amide bonds. The lowest BCUT2D eigenvalue weighted by molar-refractivity contribution is -0.137. The van der Waals surface area contributed by atoms with Crippen molar-refractivity contribution >= 4 is 5.97 Å². The first kappa shape index (κ1) is 9.01. The Morgan fingerprint density at radius 2 is 2.20 bits per heavy atom. The van der Waals surface area contributed by atoms with Crippen molar-refractivity contribution in [3.8, 4) is 0 Å². The molecule has 0 saturated heterocycles. The second-order valence-electron chi connectivity index (χ2n) is 1.74. The van der Waals surface area contributed by atoms with E-state index in [4.69, 9.17) is 5.11 Å². The first-order valence-corrected chi connectivity index (χ1v) is 3.27. The van der Waals surface area contributed by atoms with Gasteiger partial charge in [-0.05, 0) is 6.92 Å². The van der Waals surface area contributed by atoms with Crippen LogP contribution < -0.4 is 0 Å². The summed E-state index contributed by atoms with van der Waals surface area (Å²) in [7, 11) is 0. The first-order valence-electron chi connectivity index (χ1n) is 3.27. The fraction of sp³-hybridized carbons (Fsp3) is 0.571. The van der Waals surface area contributed by atoms with Crippen LogP contribution in [0.15, 0.2) is 11.8 Å². The number of hydrogen-bond acceptors (Lipinski definition) is 3. The second kappa shape index (κ2) is 4.85. The molecule has 0 radical (unpaired) electrons. The number of aliphatic hydroxyl groups is 1. The van der Waals surface area contributed by atoms with E-state index in [2.05, 4.69) is 4.74 Å². The third kappa shape index (κ3) is 3.95. The lowest BCUT2D eigenvalue weighted by Crippen LogP contribution is -2.00. The molecule has 0 fully saturated rings. The molecule has 0 rings (SSSR count). The Labute approximate surface area is 60.3 Å². The summed E-state index contributed by atoms with van der Waals surface area (Å²) >= 11 is 0. The highest BCUT2D eigenvalue weighted by molar-refractivity contribution is 5.82. The number of esters is 1. The molecule has 0 unspecified atom stereocenters. The summed E-state index contributed by atoms with van der Waals surface area (Å²) in [4.78, 5) is 10.6. The van der Waals surface area contributed by atoms with Gasteiger partial charge < -0.3 is 9.84 Å². The molecule has 0 aliphatic carbocycles. The Bertz CT molecular complexity index is 138. The third-order valence-corrected chi connectivity index (χ3v) is 0.933. The molecule has 1 N–H and O–H groups in total. The minimum absolute atomic E-state index is 0.0541. The van der Waals surface area contributed by atoms with Gasteiger partial charge in [-0.1, -0.05) is 6.92 Å². The van der Waals surface area contributed by atoms with E-state index in [0.29, 0.717) is 13.0 Å². The highest BCUT2D eigenvalue weighted by Crippen LogP contribution is 1.94. The van der Waals surface area contributed by atoms with E-state index < -0.39 is 5.97 Å². The van der Waals surface area contributed by atoms with Crippen LogP contribution in [-0.2, 0) is 9.53 Å². The van der Waals surface area contributed by atoms with Crippen LogP contribution in [0.4, 0.5) is 0 Å². The van der Waals surface area contributed by atoms with Crippen molar-refractivity contribution in [2.75, 3.05) is 6.61 Å². The molecule has 0 atom stereocenters. The van der Waals surface area contributed by atoms with Gasteiger partial charge in [-0.15, -0.1) is 0 Å². The highest BCUT2D eigenvalue weighted by atomic mass is 16.5. The summed E-state index contributed by atoms with van der Waals surface area (Å²) in [6.45, 7) is 3.81. The van der Waals surface area contributed by atoms with Gasteiger partial charge in [-0.25, -0.2) is 4.79 Å². The molecule has 0 aliphatic heterocycles. The van der Waals surface area contributed by atoms with Crippen LogP contribution in [0.25, 0.3) is 0 Å². The molecular formula is C7H12O3. The molecule has 0 aromatic carbocycles. The summed E-state index contributed by atoms with van der Waals surface area (Å²) in [5, 5.41) is 8.82. The lowest BCUT2D eigenvalue weighted by atomic mass is 10.4. The minimum Gasteiger partial charge on any atom is -0.512 e. The van der Waals surface area contributed by atoms with Gasteiger partial charge in [0, 0.05) is 6.42 Å². The van der Waals surface area contributed by atoms with Crippen LogP contribution in [0, 0.1) is 0 Å². The highest BCUT2D eigenvalue weighted by Gasteiger charge is 1.96. The zero-order valence-corrected chi connectivity index (χ0v) is 6.26. The van der Waals surface area contributed by atoms with Crippen molar-refractivity contribution in [3.63, 3.8) is 0 Å². The van der Waals surface area contributed by atoms with Gasteiger partial charge in [0.2, 0.25) is 0 Å². The Balaban J connectivity index is 3.75. The quantitative estimate of drug-likeness (QED) is 0.370. The standard InChI is InChI=1S/C7H12O3/c1-3-6(8)5-7(9)10-4-2/h5,8H,3-4H2,1-2H3/b6-5+. The Morgan fingerprint density at radius 1 is 1.60 bits per heavy atom. The number of aliphatic hydroxyl groups excluding tert-OH is 1. The summed E-state index contributed by atoms with van der Waals surface area (Å²) in [5.74, 6) is -0.430. The van der Waals surface area contributed by atoms with Crippen LogP contribution in [0.3, 0.4) is 0 Å². The number of allylic oxidation sites excluding steroid dienone is 1. The summed E-state index contributed by atoms with van der Waals surface area (Å²) in [6.07, 6.45) is 1.54. The lowest BCUT2D eigenvalue weighted by Gasteiger charge is -1.95. The molecule has 0 aromatic heterocycles. The molecule has 0 bridgehead atoms. The van der Waals surface area contributed by atoms with Gasteiger partial charge in [0.25, 0.3) is 0 Å². The monoisotopic (exact) mass is 144 g/mol. The third-order valence-electron chi connectivity index (χ3n) is 0.933. The van der Waals surface area contributed by atoms with Crippen LogP contribution >= 0.6 is 0 Å². The number of hydrogen-bond donors (Lipinski definition) is 1. The maximum atomic E-state index is 10.6. The van der Waals surface area contributed by atoms with Crippen molar-refractivity contribution in [1.29, 1.82) is 0 Å². The maximum absolute atomic E-state index is 10.6. The Kier molecular flexibility index (Phi) is 4.37. The SMILES string of the molecule is CCOC(=O)/C=C(/O)CC. The van der Waals surface area contributed by atoms with Crippen molar-refractivity contribution < 1.29 is 14.6 Å². The summed E-state index contributed by atoms with van der Waals surface area (Å²) < 4.78 is 4.54. The van der Waals surface area contributed by atoms with Gasteiger partial charge in [-0.3, -0.25) is 0 Å². The summed E-state index contributed by atoms with van der Waals surface area (Å²) in [5.41, 5.74) is 0. The predicted molar refractivity (Wildman–Crippen MR) is 37.6 cm³/mol. The van der Waals surface area contributed by atoms with E-state index in [0.717, 1.165) is 6.08 Å². The number of ether oxygens (including phenoxy) is 1. The molecule has 3 heteroatoms. The van der Waals surface area contributed by atoms with Gasteiger partial charge in [0.15, 0.2) is 0 Å². The average molecular weight is 144 g/mol. The molecule has 0 aromatic rings. The van der Waals surface area contributed by atoms with E-state index in [1.807, 2.05) is 0 Å². The van der Waals surface area contributed by atoms with Gasteiger partial charge in [0.1, 0.15) is 0 Å². The Morgan fingerprint density at radius 3 is 2.60 bits per heavy atom. The molecule has 0 spiro atoms. The zero-order valence-electron chi connectivity index (χ0n) is 6.26. The van der Waals surface area contributed by atoms with Crippen molar-refractivity contribution in [1.82, 2.24) is 0 Å².